The van der Waals surface area contributed by atoms with Crippen LogP contribution >= 0.6 is 0 Å². The fraction of sp³-hybridized carbons (Fsp3) is 0.455. The van der Waals surface area contributed by atoms with Crippen LogP contribution < -0.4 is 10.0 Å². The van der Waals surface area contributed by atoms with E-state index in [-0.39, 0.29) is 17.5 Å². The predicted octanol–water partition coefficient (Wildman–Crippen LogP) is 0.231. The molecular weight excluding hydrogens is 278 g/mol. The van der Waals surface area contributed by atoms with Crippen LogP contribution in [-0.4, -0.2) is 40.8 Å². The zero-order valence-electron chi connectivity index (χ0n) is 10.0. The van der Waals surface area contributed by atoms with Crippen molar-refractivity contribution in [1.29, 1.82) is 0 Å². The molecule has 0 aromatic heterocycles. The van der Waals surface area contributed by atoms with Gasteiger partial charge in [-0.25, -0.2) is 21.9 Å². The van der Waals surface area contributed by atoms with Crippen molar-refractivity contribution in [3.8, 4) is 0 Å². The first-order valence-electron chi connectivity index (χ1n) is 5.75. The van der Waals surface area contributed by atoms with Crippen molar-refractivity contribution in [2.24, 2.45) is 0 Å². The lowest BCUT2D eigenvalue weighted by Crippen LogP contribution is -2.48. The SMILES string of the molecule is O=S(=O)(NCC1COCCN1)c1ccc(F)c(F)c1. The zero-order valence-corrected chi connectivity index (χ0v) is 10.8. The first-order valence-corrected chi connectivity index (χ1v) is 7.23. The highest BCUT2D eigenvalue weighted by atomic mass is 32.2. The Bertz CT molecular complexity index is 545. The van der Waals surface area contributed by atoms with Gasteiger partial charge in [0.25, 0.3) is 0 Å². The molecule has 1 aliphatic rings. The molecule has 2 rings (SSSR count). The minimum atomic E-state index is -3.85. The third kappa shape index (κ3) is 3.69. The molecule has 2 N–H and O–H groups in total. The molecule has 0 bridgehead atoms. The van der Waals surface area contributed by atoms with E-state index in [0.29, 0.717) is 25.8 Å². The number of halogens is 2. The van der Waals surface area contributed by atoms with Gasteiger partial charge in [0.1, 0.15) is 0 Å². The molecule has 106 valence electrons. The van der Waals surface area contributed by atoms with Crippen molar-refractivity contribution in [3.05, 3.63) is 29.8 Å². The molecule has 1 aromatic carbocycles. The summed E-state index contributed by atoms with van der Waals surface area (Å²) in [6.45, 7) is 1.77. The van der Waals surface area contributed by atoms with E-state index in [9.17, 15) is 17.2 Å². The summed E-state index contributed by atoms with van der Waals surface area (Å²) < 4.78 is 57.0. The van der Waals surface area contributed by atoms with Crippen molar-refractivity contribution < 1.29 is 21.9 Å². The van der Waals surface area contributed by atoms with Gasteiger partial charge in [-0.1, -0.05) is 0 Å². The fourth-order valence-electron chi connectivity index (χ4n) is 1.69. The van der Waals surface area contributed by atoms with Crippen LogP contribution in [0.1, 0.15) is 0 Å². The second-order valence-corrected chi connectivity index (χ2v) is 5.92. The first kappa shape index (κ1) is 14.3. The molecule has 0 saturated carbocycles. The third-order valence-corrected chi connectivity index (χ3v) is 4.14. The highest BCUT2D eigenvalue weighted by molar-refractivity contribution is 7.89. The zero-order chi connectivity index (χ0) is 13.9. The molecule has 1 saturated heterocycles. The molecule has 0 aliphatic carbocycles. The molecule has 0 radical (unpaired) electrons. The summed E-state index contributed by atoms with van der Waals surface area (Å²) in [5.41, 5.74) is 0. The van der Waals surface area contributed by atoms with Gasteiger partial charge < -0.3 is 10.1 Å². The van der Waals surface area contributed by atoms with Gasteiger partial charge in [0.05, 0.1) is 18.1 Å². The van der Waals surface area contributed by atoms with Gasteiger partial charge in [-0.2, -0.15) is 0 Å². The van der Waals surface area contributed by atoms with Gasteiger partial charge in [0, 0.05) is 19.1 Å². The summed E-state index contributed by atoms with van der Waals surface area (Å²) in [7, 11) is -3.85. The Balaban J connectivity index is 2.02. The van der Waals surface area contributed by atoms with Crippen LogP contribution in [0.15, 0.2) is 23.1 Å². The van der Waals surface area contributed by atoms with Crippen LogP contribution in [-0.2, 0) is 14.8 Å². The van der Waals surface area contributed by atoms with Crippen molar-refractivity contribution in [2.45, 2.75) is 10.9 Å². The molecule has 0 amide bonds. The van der Waals surface area contributed by atoms with Crippen molar-refractivity contribution in [3.63, 3.8) is 0 Å². The Labute approximate surface area is 110 Å². The van der Waals surface area contributed by atoms with E-state index in [1.807, 2.05) is 0 Å². The Morgan fingerprint density at radius 3 is 2.79 bits per heavy atom. The van der Waals surface area contributed by atoms with E-state index in [1.54, 1.807) is 0 Å². The van der Waals surface area contributed by atoms with E-state index in [2.05, 4.69) is 10.0 Å². The van der Waals surface area contributed by atoms with Gasteiger partial charge in [-0.05, 0) is 18.2 Å². The maximum Gasteiger partial charge on any atom is 0.240 e. The lowest BCUT2D eigenvalue weighted by atomic mass is 10.3. The molecule has 1 unspecified atom stereocenters. The number of hydrogen-bond acceptors (Lipinski definition) is 4. The van der Waals surface area contributed by atoms with Crippen LogP contribution in [0.5, 0.6) is 0 Å². The van der Waals surface area contributed by atoms with Gasteiger partial charge in [-0.15, -0.1) is 0 Å². The molecule has 5 nitrogen and oxygen atoms in total. The summed E-state index contributed by atoms with van der Waals surface area (Å²) in [5.74, 6) is -2.27. The average molecular weight is 292 g/mol. The highest BCUT2D eigenvalue weighted by Gasteiger charge is 2.19. The van der Waals surface area contributed by atoms with E-state index in [0.717, 1.165) is 12.1 Å². The number of rotatable bonds is 4. The molecule has 19 heavy (non-hydrogen) atoms. The minimum absolute atomic E-state index is 0.126. The lowest BCUT2D eigenvalue weighted by molar-refractivity contribution is 0.0784. The number of sulfonamides is 1. The quantitative estimate of drug-likeness (QED) is 0.834. The highest BCUT2D eigenvalue weighted by Crippen LogP contribution is 2.13. The van der Waals surface area contributed by atoms with Crippen molar-refractivity contribution >= 4 is 10.0 Å². The topological polar surface area (TPSA) is 67.4 Å². The van der Waals surface area contributed by atoms with E-state index < -0.39 is 21.7 Å². The standard InChI is InChI=1S/C11H14F2N2O3S/c12-10-2-1-9(5-11(10)13)19(16,17)15-6-8-7-18-4-3-14-8/h1-2,5,8,14-15H,3-4,6-7H2. The third-order valence-electron chi connectivity index (χ3n) is 2.72. The van der Waals surface area contributed by atoms with Gasteiger partial charge in [0.15, 0.2) is 11.6 Å². The van der Waals surface area contributed by atoms with E-state index in [1.165, 1.54) is 0 Å². The molecule has 1 atom stereocenters. The number of benzene rings is 1. The van der Waals surface area contributed by atoms with Gasteiger partial charge in [-0.3, -0.25) is 0 Å². The monoisotopic (exact) mass is 292 g/mol. The molecule has 8 heteroatoms. The number of ether oxygens (including phenoxy) is 1. The Kier molecular flexibility index (Phi) is 4.46. The molecule has 1 fully saturated rings. The Hall–Kier alpha value is -1.09. The van der Waals surface area contributed by atoms with Gasteiger partial charge in [0.2, 0.25) is 10.0 Å². The Morgan fingerprint density at radius 2 is 2.16 bits per heavy atom. The normalized spacial score (nSPS) is 20.4. The second kappa shape index (κ2) is 5.91. The van der Waals surface area contributed by atoms with Crippen LogP contribution in [0, 0.1) is 11.6 Å². The minimum Gasteiger partial charge on any atom is -0.378 e. The van der Waals surface area contributed by atoms with Crippen LogP contribution in [0.2, 0.25) is 0 Å². The van der Waals surface area contributed by atoms with Crippen molar-refractivity contribution in [1.82, 2.24) is 10.0 Å². The van der Waals surface area contributed by atoms with Gasteiger partial charge >= 0.3 is 0 Å². The fourth-order valence-corrected chi connectivity index (χ4v) is 2.78. The van der Waals surface area contributed by atoms with E-state index >= 15 is 0 Å². The Morgan fingerprint density at radius 1 is 1.37 bits per heavy atom. The summed E-state index contributed by atoms with van der Waals surface area (Å²) in [6.07, 6.45) is 0. The lowest BCUT2D eigenvalue weighted by Gasteiger charge is -2.23. The van der Waals surface area contributed by atoms with Crippen LogP contribution in [0.25, 0.3) is 0 Å². The largest absolute Gasteiger partial charge is 0.378 e. The summed E-state index contributed by atoms with van der Waals surface area (Å²) in [5, 5.41) is 3.08. The second-order valence-electron chi connectivity index (χ2n) is 4.15. The summed E-state index contributed by atoms with van der Waals surface area (Å²) >= 11 is 0. The summed E-state index contributed by atoms with van der Waals surface area (Å²) in [4.78, 5) is -0.303. The number of morpholine rings is 1. The molecule has 1 aromatic rings. The maximum absolute atomic E-state index is 13.0. The smallest absolute Gasteiger partial charge is 0.240 e. The molecular formula is C11H14F2N2O3S. The first-order chi connectivity index (χ1) is 8.99. The van der Waals surface area contributed by atoms with Crippen LogP contribution in [0.3, 0.4) is 0 Å². The number of hydrogen-bond donors (Lipinski definition) is 2. The average Bonchev–Trinajstić information content (AvgIpc) is 2.41. The maximum atomic E-state index is 13.0. The van der Waals surface area contributed by atoms with Crippen molar-refractivity contribution in [2.75, 3.05) is 26.3 Å². The molecule has 1 aliphatic heterocycles. The number of nitrogens with one attached hydrogen (secondary N) is 2. The van der Waals surface area contributed by atoms with Crippen LogP contribution in [0.4, 0.5) is 8.78 Å². The molecule has 1 heterocycles. The summed E-state index contributed by atoms with van der Waals surface area (Å²) in [6, 6.07) is 2.33. The predicted molar refractivity (Wildman–Crippen MR) is 64.2 cm³/mol. The molecule has 0 spiro atoms. The van der Waals surface area contributed by atoms with E-state index in [4.69, 9.17) is 4.74 Å².